The Kier molecular flexibility index (Phi) is 6.01. The summed E-state index contributed by atoms with van der Waals surface area (Å²) in [4.78, 5) is 19.3. The van der Waals surface area contributed by atoms with Gasteiger partial charge in [0.05, 0.1) is 29.9 Å². The van der Waals surface area contributed by atoms with Crippen LogP contribution in [0.2, 0.25) is 0 Å². The van der Waals surface area contributed by atoms with Crippen molar-refractivity contribution >= 4 is 17.3 Å². The zero-order valence-corrected chi connectivity index (χ0v) is 17.5. The highest BCUT2D eigenvalue weighted by molar-refractivity contribution is 7.12. The molecule has 0 unspecified atom stereocenters. The SMILES string of the molecule is CCOC(=O)c1cnn(-c2nc(-c3ccccc3)cs2)c1CN(C)Cc1ccon1. The molecule has 3 heterocycles. The van der Waals surface area contributed by atoms with Gasteiger partial charge in [0.15, 0.2) is 0 Å². The minimum absolute atomic E-state index is 0.299. The second-order valence-electron chi connectivity index (χ2n) is 6.68. The molecule has 0 N–H and O–H groups in total. The van der Waals surface area contributed by atoms with E-state index in [1.807, 2.05) is 53.7 Å². The number of esters is 1. The average molecular weight is 423 g/mol. The Morgan fingerprint density at radius 1 is 1.23 bits per heavy atom. The average Bonchev–Trinajstić information content (AvgIpc) is 3.49. The van der Waals surface area contributed by atoms with Gasteiger partial charge in [-0.05, 0) is 14.0 Å². The number of hydrogen-bond acceptors (Lipinski definition) is 8. The molecule has 0 aliphatic rings. The molecular weight excluding hydrogens is 402 g/mol. The van der Waals surface area contributed by atoms with Gasteiger partial charge >= 0.3 is 5.97 Å². The van der Waals surface area contributed by atoms with Crippen LogP contribution in [0.3, 0.4) is 0 Å². The van der Waals surface area contributed by atoms with E-state index in [1.165, 1.54) is 17.6 Å². The summed E-state index contributed by atoms with van der Waals surface area (Å²) in [6.45, 7) is 3.11. The molecule has 9 heteroatoms. The van der Waals surface area contributed by atoms with Crippen molar-refractivity contribution in [3.63, 3.8) is 0 Å². The summed E-state index contributed by atoms with van der Waals surface area (Å²) in [6.07, 6.45) is 3.08. The van der Waals surface area contributed by atoms with Crippen molar-refractivity contribution in [2.24, 2.45) is 0 Å². The van der Waals surface area contributed by atoms with Crippen LogP contribution in [0.15, 0.2) is 58.8 Å². The summed E-state index contributed by atoms with van der Waals surface area (Å²) in [5, 5.41) is 11.1. The van der Waals surface area contributed by atoms with Gasteiger partial charge in [-0.3, -0.25) is 4.90 Å². The molecule has 3 aromatic heterocycles. The predicted octanol–water partition coefficient (Wildman–Crippen LogP) is 3.79. The number of rotatable bonds is 8. The van der Waals surface area contributed by atoms with E-state index in [0.29, 0.717) is 36.1 Å². The van der Waals surface area contributed by atoms with E-state index in [4.69, 9.17) is 14.2 Å². The molecule has 8 nitrogen and oxygen atoms in total. The zero-order chi connectivity index (χ0) is 20.9. The zero-order valence-electron chi connectivity index (χ0n) is 16.7. The van der Waals surface area contributed by atoms with Gasteiger partial charge < -0.3 is 9.26 Å². The Morgan fingerprint density at radius 3 is 2.80 bits per heavy atom. The van der Waals surface area contributed by atoms with E-state index in [9.17, 15) is 4.79 Å². The van der Waals surface area contributed by atoms with Crippen molar-refractivity contribution in [2.75, 3.05) is 13.7 Å². The molecule has 4 rings (SSSR count). The van der Waals surface area contributed by atoms with Crippen molar-refractivity contribution in [2.45, 2.75) is 20.0 Å². The highest BCUT2D eigenvalue weighted by atomic mass is 32.1. The first kappa shape index (κ1) is 20.0. The van der Waals surface area contributed by atoms with E-state index in [-0.39, 0.29) is 0 Å². The van der Waals surface area contributed by atoms with Gasteiger partial charge in [0, 0.05) is 30.1 Å². The highest BCUT2D eigenvalue weighted by Crippen LogP contribution is 2.26. The first-order valence-corrected chi connectivity index (χ1v) is 10.4. The maximum absolute atomic E-state index is 12.5. The lowest BCUT2D eigenvalue weighted by molar-refractivity contribution is 0.0524. The number of hydrogen-bond donors (Lipinski definition) is 0. The van der Waals surface area contributed by atoms with Gasteiger partial charge in [0.25, 0.3) is 0 Å². The summed E-state index contributed by atoms with van der Waals surface area (Å²) in [5.74, 6) is -0.395. The number of benzene rings is 1. The molecular formula is C21H21N5O3S. The van der Waals surface area contributed by atoms with Crippen LogP contribution in [-0.2, 0) is 17.8 Å². The van der Waals surface area contributed by atoms with Gasteiger partial charge in [-0.15, -0.1) is 11.3 Å². The Morgan fingerprint density at radius 2 is 2.07 bits per heavy atom. The largest absolute Gasteiger partial charge is 0.462 e. The van der Waals surface area contributed by atoms with Gasteiger partial charge in [0.1, 0.15) is 11.8 Å². The number of carbonyl (C=O) groups is 1. The van der Waals surface area contributed by atoms with Gasteiger partial charge in [-0.25, -0.2) is 14.5 Å². The fraction of sp³-hybridized carbons (Fsp3) is 0.238. The molecule has 0 aliphatic carbocycles. The van der Waals surface area contributed by atoms with E-state index in [2.05, 4.69) is 10.3 Å². The van der Waals surface area contributed by atoms with Crippen LogP contribution >= 0.6 is 11.3 Å². The smallest absolute Gasteiger partial charge is 0.341 e. The first-order chi connectivity index (χ1) is 14.7. The molecule has 4 aromatic rings. The lowest BCUT2D eigenvalue weighted by Crippen LogP contribution is -2.21. The third-order valence-corrected chi connectivity index (χ3v) is 5.27. The molecule has 30 heavy (non-hydrogen) atoms. The van der Waals surface area contributed by atoms with Crippen molar-refractivity contribution in [1.82, 2.24) is 24.8 Å². The van der Waals surface area contributed by atoms with Crippen molar-refractivity contribution in [3.8, 4) is 16.4 Å². The standard InChI is InChI=1S/C21H21N5O3S/c1-3-28-20(27)17-11-22-26(19(17)13-25(2)12-16-9-10-29-24-16)21-23-18(14-30-21)15-7-5-4-6-8-15/h4-11,14H,3,12-13H2,1-2H3. The molecule has 0 amide bonds. The fourth-order valence-electron chi connectivity index (χ4n) is 3.08. The maximum Gasteiger partial charge on any atom is 0.341 e. The molecule has 0 saturated heterocycles. The second kappa shape index (κ2) is 9.02. The Balaban J connectivity index is 1.66. The van der Waals surface area contributed by atoms with Gasteiger partial charge in [-0.2, -0.15) is 5.10 Å². The number of thiazole rings is 1. The number of ether oxygens (including phenoxy) is 1. The summed E-state index contributed by atoms with van der Waals surface area (Å²) in [7, 11) is 1.94. The summed E-state index contributed by atoms with van der Waals surface area (Å²) in [6, 6.07) is 11.8. The van der Waals surface area contributed by atoms with E-state index in [1.54, 1.807) is 17.8 Å². The van der Waals surface area contributed by atoms with Crippen LogP contribution in [0.1, 0.15) is 28.7 Å². The third kappa shape index (κ3) is 4.32. The van der Waals surface area contributed by atoms with Crippen LogP contribution in [-0.4, -0.2) is 44.4 Å². The minimum atomic E-state index is -0.395. The lowest BCUT2D eigenvalue weighted by Gasteiger charge is -2.16. The van der Waals surface area contributed by atoms with Gasteiger partial charge in [0.2, 0.25) is 5.13 Å². The minimum Gasteiger partial charge on any atom is -0.462 e. The van der Waals surface area contributed by atoms with Crippen LogP contribution in [0.25, 0.3) is 16.4 Å². The number of aromatic nitrogens is 4. The number of nitrogens with zero attached hydrogens (tertiary/aromatic N) is 5. The second-order valence-corrected chi connectivity index (χ2v) is 7.52. The lowest BCUT2D eigenvalue weighted by atomic mass is 10.2. The predicted molar refractivity (Wildman–Crippen MR) is 112 cm³/mol. The molecule has 0 spiro atoms. The Bertz CT molecular complexity index is 1110. The van der Waals surface area contributed by atoms with Crippen LogP contribution in [0.5, 0.6) is 0 Å². The molecule has 154 valence electrons. The summed E-state index contributed by atoms with van der Waals surface area (Å²) >= 11 is 1.47. The highest BCUT2D eigenvalue weighted by Gasteiger charge is 2.22. The van der Waals surface area contributed by atoms with E-state index in [0.717, 1.165) is 17.0 Å². The Labute approximate surface area is 177 Å². The molecule has 1 aromatic carbocycles. The Hall–Kier alpha value is -3.30. The number of carbonyl (C=O) groups excluding carboxylic acids is 1. The first-order valence-electron chi connectivity index (χ1n) is 9.49. The fourth-order valence-corrected chi connectivity index (χ4v) is 3.89. The summed E-state index contributed by atoms with van der Waals surface area (Å²) < 4.78 is 11.8. The maximum atomic E-state index is 12.5. The monoisotopic (exact) mass is 423 g/mol. The summed E-state index contributed by atoms with van der Waals surface area (Å²) in [5.41, 5.74) is 3.85. The van der Waals surface area contributed by atoms with Crippen LogP contribution < -0.4 is 0 Å². The third-order valence-electron chi connectivity index (χ3n) is 4.45. The van der Waals surface area contributed by atoms with E-state index < -0.39 is 5.97 Å². The molecule has 0 radical (unpaired) electrons. The molecule has 0 atom stereocenters. The van der Waals surface area contributed by atoms with Gasteiger partial charge in [-0.1, -0.05) is 35.5 Å². The van der Waals surface area contributed by atoms with Crippen LogP contribution in [0, 0.1) is 0 Å². The molecule has 0 aliphatic heterocycles. The van der Waals surface area contributed by atoms with E-state index >= 15 is 0 Å². The molecule has 0 saturated carbocycles. The van der Waals surface area contributed by atoms with Crippen molar-refractivity contribution in [1.29, 1.82) is 0 Å². The quantitative estimate of drug-likeness (QED) is 0.399. The van der Waals surface area contributed by atoms with Crippen LogP contribution in [0.4, 0.5) is 0 Å². The van der Waals surface area contributed by atoms with Crippen molar-refractivity contribution in [3.05, 3.63) is 71.2 Å². The van der Waals surface area contributed by atoms with Crippen molar-refractivity contribution < 1.29 is 14.1 Å². The normalized spacial score (nSPS) is 11.2. The topological polar surface area (TPSA) is 86.3 Å². The molecule has 0 bridgehead atoms. The molecule has 0 fully saturated rings.